The molecule has 0 aliphatic rings. The van der Waals surface area contributed by atoms with Gasteiger partial charge in [0.05, 0.1) is 12.8 Å². The van der Waals surface area contributed by atoms with Gasteiger partial charge in [0.2, 0.25) is 0 Å². The summed E-state index contributed by atoms with van der Waals surface area (Å²) < 4.78 is 18.4. The van der Waals surface area contributed by atoms with Crippen LogP contribution in [-0.4, -0.2) is 15.8 Å². The Kier molecular flexibility index (Phi) is 4.73. The van der Waals surface area contributed by atoms with Crippen molar-refractivity contribution in [2.45, 2.75) is 13.1 Å². The van der Waals surface area contributed by atoms with E-state index in [0.29, 0.717) is 12.1 Å². The summed E-state index contributed by atoms with van der Waals surface area (Å²) in [7, 11) is 0. The van der Waals surface area contributed by atoms with Crippen molar-refractivity contribution in [2.75, 3.05) is 0 Å². The molecule has 0 atom stereocenters. The first-order chi connectivity index (χ1) is 11.1. The van der Waals surface area contributed by atoms with Gasteiger partial charge >= 0.3 is 0 Å². The van der Waals surface area contributed by atoms with E-state index in [9.17, 15) is 9.18 Å². The number of benzene rings is 1. The summed E-state index contributed by atoms with van der Waals surface area (Å²) in [6.45, 7) is 0.559. The first-order valence-electron chi connectivity index (χ1n) is 6.78. The number of rotatable bonds is 5. The molecule has 0 saturated carbocycles. The molecule has 3 rings (SSSR count). The number of furan rings is 1. The normalized spacial score (nSPS) is 10.7. The highest BCUT2D eigenvalue weighted by molar-refractivity contribution is 7.09. The first kappa shape index (κ1) is 15.7. The van der Waals surface area contributed by atoms with E-state index >= 15 is 0 Å². The zero-order valence-electron chi connectivity index (χ0n) is 11.9. The van der Waals surface area contributed by atoms with E-state index in [1.165, 1.54) is 29.7 Å². The number of hydrogen-bond acceptors (Lipinski definition) is 4. The zero-order valence-corrected chi connectivity index (χ0v) is 13.5. The Morgan fingerprint density at radius 3 is 2.87 bits per heavy atom. The van der Waals surface area contributed by atoms with Crippen molar-refractivity contribution in [1.29, 1.82) is 0 Å². The van der Waals surface area contributed by atoms with Crippen LogP contribution in [0.25, 0.3) is 0 Å². The summed E-state index contributed by atoms with van der Waals surface area (Å²) >= 11 is 7.53. The Labute approximate surface area is 141 Å². The second-order valence-electron chi connectivity index (χ2n) is 4.80. The number of amides is 1. The molecule has 0 N–H and O–H groups in total. The topological polar surface area (TPSA) is 46.3 Å². The number of aromatic nitrogens is 1. The summed E-state index contributed by atoms with van der Waals surface area (Å²) in [6.07, 6.45) is 3.13. The predicted molar refractivity (Wildman–Crippen MR) is 85.8 cm³/mol. The van der Waals surface area contributed by atoms with Crippen molar-refractivity contribution in [1.82, 2.24) is 9.88 Å². The van der Waals surface area contributed by atoms with E-state index in [2.05, 4.69) is 4.98 Å². The smallest absolute Gasteiger partial charge is 0.290 e. The quantitative estimate of drug-likeness (QED) is 0.686. The van der Waals surface area contributed by atoms with Crippen LogP contribution >= 0.6 is 22.9 Å². The molecule has 0 aliphatic heterocycles. The van der Waals surface area contributed by atoms with Crippen LogP contribution in [-0.2, 0) is 13.1 Å². The Hall–Kier alpha value is -2.18. The van der Waals surface area contributed by atoms with Gasteiger partial charge in [0.15, 0.2) is 5.76 Å². The van der Waals surface area contributed by atoms with Crippen LogP contribution in [0.3, 0.4) is 0 Å². The molecule has 2 heterocycles. The lowest BCUT2D eigenvalue weighted by molar-refractivity contribution is 0.0697. The molecule has 7 heteroatoms. The van der Waals surface area contributed by atoms with Gasteiger partial charge in [-0.1, -0.05) is 17.7 Å². The van der Waals surface area contributed by atoms with Crippen LogP contribution in [0.15, 0.2) is 52.6 Å². The van der Waals surface area contributed by atoms with Gasteiger partial charge in [-0.2, -0.15) is 0 Å². The van der Waals surface area contributed by atoms with Gasteiger partial charge in [0.1, 0.15) is 10.8 Å². The number of nitrogens with zero attached hydrogens (tertiary/aromatic N) is 2. The lowest BCUT2D eigenvalue weighted by Gasteiger charge is -2.21. The van der Waals surface area contributed by atoms with E-state index in [1.807, 2.05) is 5.38 Å². The second kappa shape index (κ2) is 6.93. The average molecular weight is 351 g/mol. The van der Waals surface area contributed by atoms with Gasteiger partial charge in [0, 0.05) is 23.1 Å². The number of halogens is 2. The highest BCUT2D eigenvalue weighted by Crippen LogP contribution is 2.22. The fraction of sp³-hybridized carbons (Fsp3) is 0.125. The van der Waals surface area contributed by atoms with Gasteiger partial charge in [-0.05, 0) is 29.8 Å². The van der Waals surface area contributed by atoms with Gasteiger partial charge in [-0.3, -0.25) is 4.79 Å². The van der Waals surface area contributed by atoms with Gasteiger partial charge in [-0.15, -0.1) is 11.3 Å². The van der Waals surface area contributed by atoms with Crippen LogP contribution in [0.5, 0.6) is 0 Å². The Bertz CT molecular complexity index is 791. The fourth-order valence-electron chi connectivity index (χ4n) is 2.11. The molecule has 1 aromatic carbocycles. The summed E-state index contributed by atoms with van der Waals surface area (Å²) in [5.74, 6) is -0.451. The Morgan fingerprint density at radius 2 is 2.22 bits per heavy atom. The molecule has 0 unspecified atom stereocenters. The molecule has 0 saturated heterocycles. The van der Waals surface area contributed by atoms with Crippen LogP contribution in [0.4, 0.5) is 4.39 Å². The molecular formula is C16H12ClFN2O2S. The Balaban J connectivity index is 1.86. The minimum atomic E-state index is -0.414. The van der Waals surface area contributed by atoms with Crippen molar-refractivity contribution in [3.05, 3.63) is 75.3 Å². The summed E-state index contributed by atoms with van der Waals surface area (Å²) in [5, 5.41) is 2.92. The summed E-state index contributed by atoms with van der Waals surface area (Å²) in [6, 6.07) is 7.38. The van der Waals surface area contributed by atoms with Crippen LogP contribution < -0.4 is 0 Å². The number of hydrogen-bond donors (Lipinski definition) is 0. The third-order valence-corrected chi connectivity index (χ3v) is 4.32. The lowest BCUT2D eigenvalue weighted by Crippen LogP contribution is -2.30. The molecule has 2 aromatic heterocycles. The van der Waals surface area contributed by atoms with E-state index in [0.717, 1.165) is 5.01 Å². The highest BCUT2D eigenvalue weighted by Gasteiger charge is 2.21. The van der Waals surface area contributed by atoms with E-state index in [4.69, 9.17) is 16.0 Å². The van der Waals surface area contributed by atoms with Crippen molar-refractivity contribution < 1.29 is 13.6 Å². The maximum absolute atomic E-state index is 13.2. The molecule has 3 aromatic rings. The average Bonchev–Trinajstić information content (AvgIpc) is 3.21. The zero-order chi connectivity index (χ0) is 16.2. The third kappa shape index (κ3) is 3.78. The monoisotopic (exact) mass is 350 g/mol. The maximum Gasteiger partial charge on any atom is 0.290 e. The molecular weight excluding hydrogens is 339 g/mol. The number of thiazole rings is 1. The third-order valence-electron chi connectivity index (χ3n) is 3.21. The van der Waals surface area contributed by atoms with Crippen LogP contribution in [0.1, 0.15) is 21.1 Å². The minimum Gasteiger partial charge on any atom is -0.459 e. The molecule has 0 aliphatic carbocycles. The van der Waals surface area contributed by atoms with Crippen LogP contribution in [0.2, 0.25) is 5.02 Å². The molecule has 23 heavy (non-hydrogen) atoms. The van der Waals surface area contributed by atoms with Crippen molar-refractivity contribution >= 4 is 28.8 Å². The van der Waals surface area contributed by atoms with Crippen molar-refractivity contribution in [3.8, 4) is 0 Å². The van der Waals surface area contributed by atoms with Gasteiger partial charge in [-0.25, -0.2) is 9.37 Å². The minimum absolute atomic E-state index is 0.234. The largest absolute Gasteiger partial charge is 0.459 e. The van der Waals surface area contributed by atoms with Gasteiger partial charge < -0.3 is 9.32 Å². The molecule has 0 fully saturated rings. The summed E-state index contributed by atoms with van der Waals surface area (Å²) in [4.78, 5) is 18.4. The van der Waals surface area contributed by atoms with Gasteiger partial charge in [0.25, 0.3) is 5.91 Å². The highest BCUT2D eigenvalue weighted by atomic mass is 35.5. The Morgan fingerprint density at radius 1 is 1.35 bits per heavy atom. The van der Waals surface area contributed by atoms with Crippen molar-refractivity contribution in [3.63, 3.8) is 0 Å². The SMILES string of the molecule is O=C(c1ccco1)N(Cc1nccs1)Cc1ccc(F)cc1Cl. The second-order valence-corrected chi connectivity index (χ2v) is 6.19. The molecule has 0 spiro atoms. The maximum atomic E-state index is 13.2. The first-order valence-corrected chi connectivity index (χ1v) is 8.04. The van der Waals surface area contributed by atoms with Crippen molar-refractivity contribution in [2.24, 2.45) is 0 Å². The van der Waals surface area contributed by atoms with E-state index in [-0.39, 0.29) is 23.2 Å². The molecule has 4 nitrogen and oxygen atoms in total. The lowest BCUT2D eigenvalue weighted by atomic mass is 10.2. The fourth-order valence-corrected chi connectivity index (χ4v) is 2.96. The predicted octanol–water partition coefficient (Wildman–Crippen LogP) is 4.37. The molecule has 0 bridgehead atoms. The number of carbonyl (C=O) groups excluding carboxylic acids is 1. The molecule has 118 valence electrons. The summed E-state index contributed by atoms with van der Waals surface area (Å²) in [5.41, 5.74) is 0.657. The molecule has 0 radical (unpaired) electrons. The van der Waals surface area contributed by atoms with E-state index in [1.54, 1.807) is 29.3 Å². The van der Waals surface area contributed by atoms with E-state index < -0.39 is 5.82 Å². The van der Waals surface area contributed by atoms with Crippen LogP contribution in [0, 0.1) is 5.82 Å². The number of carbonyl (C=O) groups is 1. The standard InChI is InChI=1S/C16H12ClFN2O2S/c17-13-8-12(18)4-3-11(13)9-20(10-15-19-5-7-23-15)16(21)14-2-1-6-22-14/h1-8H,9-10H2. The molecule has 1 amide bonds.